The van der Waals surface area contributed by atoms with E-state index in [0.717, 1.165) is 155 Å². The van der Waals surface area contributed by atoms with Crippen LogP contribution in [0.4, 0.5) is 34.1 Å². The van der Waals surface area contributed by atoms with Gasteiger partial charge in [-0.15, -0.1) is 0 Å². The molecular weight excluding hydrogens is 861 g/mol. The molecule has 0 N–H and O–H groups in total. The van der Waals surface area contributed by atoms with Crippen molar-refractivity contribution in [1.82, 2.24) is 0 Å². The second kappa shape index (κ2) is 14.6. The van der Waals surface area contributed by atoms with Gasteiger partial charge in [0, 0.05) is 65.8 Å². The summed E-state index contributed by atoms with van der Waals surface area (Å²) in [5.74, 6) is 0. The quantitative estimate of drug-likeness (QED) is 0.166. The van der Waals surface area contributed by atoms with Crippen LogP contribution in [0.2, 0.25) is 0 Å². The van der Waals surface area contributed by atoms with E-state index in [-0.39, 0.29) is 0 Å². The lowest BCUT2D eigenvalue weighted by Gasteiger charge is -2.25. The monoisotopic (exact) mass is 900 g/mol. The molecule has 0 fully saturated rings. The molecule has 4 heterocycles. The van der Waals surface area contributed by atoms with E-state index in [0.29, 0.717) is 0 Å². The van der Waals surface area contributed by atoms with E-state index in [4.69, 9.17) is 17.7 Å². The van der Waals surface area contributed by atoms with Crippen molar-refractivity contribution in [2.45, 2.75) is 13.8 Å². The standard InChI is InChI=1S/C64H40N2O4/c1-37-38(2)62-60(52-34-40-28-30-46(32-42(40)36-58(52)70-62)66(44-17-7-4-8-18-44)54-24-14-22-50-48-20-10-12-26-56(48)68-64(50)54)59-51-33-39-27-29-45(31-41(39)35-57(51)69-61(37)59)65(43-15-5-3-6-16-43)53-23-13-21-49-47-19-9-11-25-55(47)67-63(49)53/h3-36H,1-2H3. The second-order valence-corrected chi connectivity index (χ2v) is 18.5. The predicted molar refractivity (Wildman–Crippen MR) is 289 cm³/mol. The minimum absolute atomic E-state index is 0.834. The average Bonchev–Trinajstić information content (AvgIpc) is 4.18. The third-order valence-corrected chi connectivity index (χ3v) is 14.5. The summed E-state index contributed by atoms with van der Waals surface area (Å²) < 4.78 is 27.1. The number of hydrogen-bond acceptors (Lipinski definition) is 6. The first-order valence-corrected chi connectivity index (χ1v) is 23.7. The van der Waals surface area contributed by atoms with E-state index in [1.165, 1.54) is 0 Å². The van der Waals surface area contributed by atoms with Gasteiger partial charge < -0.3 is 27.5 Å². The van der Waals surface area contributed by atoms with Crippen molar-refractivity contribution < 1.29 is 17.7 Å². The number of benzene rings is 11. The molecule has 0 aliphatic rings. The molecule has 0 aliphatic heterocycles. The van der Waals surface area contributed by atoms with Crippen LogP contribution < -0.4 is 9.80 Å². The molecular formula is C64H40N2O4. The van der Waals surface area contributed by atoms with Gasteiger partial charge in [-0.2, -0.15) is 0 Å². The molecule has 0 saturated carbocycles. The lowest BCUT2D eigenvalue weighted by atomic mass is 9.96. The molecule has 15 aromatic rings. The fourth-order valence-electron chi connectivity index (χ4n) is 11.1. The highest BCUT2D eigenvalue weighted by Gasteiger charge is 2.25. The summed E-state index contributed by atoms with van der Waals surface area (Å²) in [5.41, 5.74) is 15.1. The molecule has 0 bridgehead atoms. The molecule has 0 aliphatic carbocycles. The second-order valence-electron chi connectivity index (χ2n) is 18.5. The van der Waals surface area contributed by atoms with Gasteiger partial charge >= 0.3 is 0 Å². The van der Waals surface area contributed by atoms with Gasteiger partial charge in [-0.3, -0.25) is 0 Å². The highest BCUT2D eigenvalue weighted by molar-refractivity contribution is 6.29. The minimum atomic E-state index is 0.834. The maximum Gasteiger partial charge on any atom is 0.159 e. The number of para-hydroxylation sites is 6. The maximum absolute atomic E-state index is 6.94. The maximum atomic E-state index is 6.94. The lowest BCUT2D eigenvalue weighted by molar-refractivity contribution is 0.657. The molecule has 0 unspecified atom stereocenters. The molecule has 4 aromatic heterocycles. The van der Waals surface area contributed by atoms with Gasteiger partial charge in [0.05, 0.1) is 11.4 Å². The number of nitrogens with zero attached hydrogens (tertiary/aromatic N) is 2. The third-order valence-electron chi connectivity index (χ3n) is 14.5. The van der Waals surface area contributed by atoms with Crippen molar-refractivity contribution in [3.05, 3.63) is 217 Å². The van der Waals surface area contributed by atoms with Crippen molar-refractivity contribution in [2.24, 2.45) is 0 Å². The molecule has 70 heavy (non-hydrogen) atoms. The number of furan rings is 4. The zero-order valence-corrected chi connectivity index (χ0v) is 38.2. The highest BCUT2D eigenvalue weighted by Crippen LogP contribution is 2.48. The molecule has 6 nitrogen and oxygen atoms in total. The minimum Gasteiger partial charge on any atom is -0.456 e. The molecule has 11 aromatic carbocycles. The SMILES string of the molecule is Cc1c(C)c2oc3cc4cc(N(c5ccccc5)c5cccc6c5oc5ccccc56)ccc4cc3c2c2c1oc1cc3cc(N(c4ccccc4)c4cccc5c4oc4ccccc45)ccc3cc12. The lowest BCUT2D eigenvalue weighted by Crippen LogP contribution is -2.10. The van der Waals surface area contributed by atoms with Gasteiger partial charge in [-0.25, -0.2) is 0 Å². The Kier molecular flexibility index (Phi) is 8.10. The predicted octanol–water partition coefficient (Wildman–Crippen LogP) is 19.1. The Labute approximate surface area is 400 Å². The number of hydrogen-bond donors (Lipinski definition) is 0. The molecule has 0 spiro atoms. The zero-order valence-electron chi connectivity index (χ0n) is 38.2. The van der Waals surface area contributed by atoms with Crippen LogP contribution in [-0.4, -0.2) is 0 Å². The molecule has 0 radical (unpaired) electrons. The number of anilines is 6. The van der Waals surface area contributed by atoms with E-state index in [2.05, 4.69) is 206 Å². The van der Waals surface area contributed by atoms with E-state index in [1.807, 2.05) is 24.3 Å². The topological polar surface area (TPSA) is 59.0 Å². The third kappa shape index (κ3) is 5.62. The van der Waals surface area contributed by atoms with Gasteiger partial charge in [0.25, 0.3) is 0 Å². The summed E-state index contributed by atoms with van der Waals surface area (Å²) in [7, 11) is 0. The van der Waals surface area contributed by atoms with Crippen LogP contribution in [0.5, 0.6) is 0 Å². The van der Waals surface area contributed by atoms with Crippen LogP contribution in [0.25, 0.3) is 109 Å². The van der Waals surface area contributed by atoms with Gasteiger partial charge in [-0.05, 0) is 144 Å². The van der Waals surface area contributed by atoms with Crippen molar-refractivity contribution >= 4 is 143 Å². The molecule has 330 valence electrons. The Bertz CT molecular complexity index is 4340. The van der Waals surface area contributed by atoms with Gasteiger partial charge in [-0.1, -0.05) is 109 Å². The fourth-order valence-corrected chi connectivity index (χ4v) is 11.1. The summed E-state index contributed by atoms with van der Waals surface area (Å²) in [6.07, 6.45) is 0. The van der Waals surface area contributed by atoms with E-state index in [9.17, 15) is 0 Å². The van der Waals surface area contributed by atoms with Crippen LogP contribution in [-0.2, 0) is 0 Å². The van der Waals surface area contributed by atoms with Crippen LogP contribution in [0.1, 0.15) is 11.1 Å². The normalized spacial score (nSPS) is 12.1. The summed E-state index contributed by atoms with van der Waals surface area (Å²) >= 11 is 0. The van der Waals surface area contributed by atoms with Crippen molar-refractivity contribution in [3.63, 3.8) is 0 Å². The fraction of sp³-hybridized carbons (Fsp3) is 0.0312. The van der Waals surface area contributed by atoms with Crippen molar-refractivity contribution in [2.75, 3.05) is 9.80 Å². The Morgan fingerprint density at radius 3 is 1.13 bits per heavy atom. The van der Waals surface area contributed by atoms with Crippen molar-refractivity contribution in [1.29, 1.82) is 0 Å². The largest absolute Gasteiger partial charge is 0.456 e. The Hall–Kier alpha value is -9.26. The van der Waals surface area contributed by atoms with E-state index in [1.54, 1.807) is 0 Å². The first-order chi connectivity index (χ1) is 34.5. The molecule has 0 atom stereocenters. The zero-order chi connectivity index (χ0) is 46.2. The Morgan fingerprint density at radius 2 is 0.671 bits per heavy atom. The first-order valence-electron chi connectivity index (χ1n) is 23.7. The first kappa shape index (κ1) is 38.8. The number of rotatable bonds is 6. The summed E-state index contributed by atoms with van der Waals surface area (Å²) in [5, 5.41) is 13.0. The summed E-state index contributed by atoms with van der Waals surface area (Å²) in [4.78, 5) is 4.57. The van der Waals surface area contributed by atoms with E-state index >= 15 is 0 Å². The van der Waals surface area contributed by atoms with Gasteiger partial charge in [0.15, 0.2) is 11.2 Å². The molecule has 0 amide bonds. The highest BCUT2D eigenvalue weighted by atomic mass is 16.3. The Morgan fingerprint density at radius 1 is 0.271 bits per heavy atom. The van der Waals surface area contributed by atoms with Gasteiger partial charge in [0.2, 0.25) is 0 Å². The average molecular weight is 901 g/mol. The molecule has 0 saturated heterocycles. The summed E-state index contributed by atoms with van der Waals surface area (Å²) in [6, 6.07) is 72.6. The Balaban J connectivity index is 0.889. The van der Waals surface area contributed by atoms with Crippen LogP contribution >= 0.6 is 0 Å². The number of aryl methyl sites for hydroxylation is 2. The smallest absolute Gasteiger partial charge is 0.159 e. The van der Waals surface area contributed by atoms with E-state index < -0.39 is 0 Å². The number of fused-ring (bicyclic) bond motifs is 15. The van der Waals surface area contributed by atoms with Gasteiger partial charge in [0.1, 0.15) is 33.5 Å². The van der Waals surface area contributed by atoms with Crippen LogP contribution in [0.15, 0.2) is 224 Å². The van der Waals surface area contributed by atoms with Crippen LogP contribution in [0, 0.1) is 13.8 Å². The summed E-state index contributed by atoms with van der Waals surface area (Å²) in [6.45, 7) is 4.29. The van der Waals surface area contributed by atoms with Crippen LogP contribution in [0.3, 0.4) is 0 Å². The molecule has 6 heteroatoms. The van der Waals surface area contributed by atoms with Crippen molar-refractivity contribution in [3.8, 4) is 0 Å². The molecule has 15 rings (SSSR count).